The molecule has 2 N–H and O–H groups in total. The predicted octanol–water partition coefficient (Wildman–Crippen LogP) is 3.70. The van der Waals surface area contributed by atoms with E-state index in [9.17, 15) is 9.59 Å². The van der Waals surface area contributed by atoms with Crippen LogP contribution in [0.5, 0.6) is 0 Å². The van der Waals surface area contributed by atoms with Gasteiger partial charge in [0.1, 0.15) is 0 Å². The van der Waals surface area contributed by atoms with Crippen LogP contribution in [0.2, 0.25) is 5.02 Å². The SMILES string of the molecule is Cc1cccc(C)c1NC(=O)CN(C)CC(=O)N[C@@H](C)c1cccc(Cl)c1. The van der Waals surface area contributed by atoms with Gasteiger partial charge in [-0.05, 0) is 56.6 Å². The Morgan fingerprint density at radius 2 is 1.63 bits per heavy atom. The molecule has 0 heterocycles. The molecule has 0 spiro atoms. The molecule has 6 heteroatoms. The smallest absolute Gasteiger partial charge is 0.238 e. The van der Waals surface area contributed by atoms with Crippen LogP contribution in [0.4, 0.5) is 5.69 Å². The maximum Gasteiger partial charge on any atom is 0.238 e. The number of rotatable bonds is 7. The van der Waals surface area contributed by atoms with Crippen LogP contribution < -0.4 is 10.6 Å². The van der Waals surface area contributed by atoms with Crippen molar-refractivity contribution < 1.29 is 9.59 Å². The Labute approximate surface area is 165 Å². The number of hydrogen-bond donors (Lipinski definition) is 2. The summed E-state index contributed by atoms with van der Waals surface area (Å²) in [7, 11) is 1.74. The summed E-state index contributed by atoms with van der Waals surface area (Å²) in [4.78, 5) is 26.2. The lowest BCUT2D eigenvalue weighted by atomic mass is 10.1. The van der Waals surface area contributed by atoms with Crippen molar-refractivity contribution in [1.82, 2.24) is 10.2 Å². The second-order valence-electron chi connectivity index (χ2n) is 6.83. The maximum atomic E-state index is 12.3. The molecule has 0 aliphatic rings. The Morgan fingerprint density at radius 1 is 1.04 bits per heavy atom. The van der Waals surface area contributed by atoms with Crippen LogP contribution in [0, 0.1) is 13.8 Å². The summed E-state index contributed by atoms with van der Waals surface area (Å²) in [5.74, 6) is -0.296. The zero-order valence-corrected chi connectivity index (χ0v) is 16.9. The summed E-state index contributed by atoms with van der Waals surface area (Å²) in [6.07, 6.45) is 0. The standard InChI is InChI=1S/C21H26ClN3O2/c1-14-7-5-8-15(2)21(14)24-20(27)13-25(4)12-19(26)23-16(3)17-9-6-10-18(22)11-17/h5-11,16H,12-13H2,1-4H3,(H,23,26)(H,24,27)/t16-/m0/s1. The van der Waals surface area contributed by atoms with Crippen molar-refractivity contribution in [2.45, 2.75) is 26.8 Å². The maximum absolute atomic E-state index is 12.3. The number of halogens is 1. The largest absolute Gasteiger partial charge is 0.348 e. The minimum absolute atomic E-state index is 0.130. The van der Waals surface area contributed by atoms with Gasteiger partial charge in [0.2, 0.25) is 11.8 Å². The van der Waals surface area contributed by atoms with Crippen molar-refractivity contribution in [3.63, 3.8) is 0 Å². The molecule has 0 bridgehead atoms. The van der Waals surface area contributed by atoms with Crippen LogP contribution in [0.25, 0.3) is 0 Å². The van der Waals surface area contributed by atoms with E-state index in [1.807, 2.05) is 57.2 Å². The van der Waals surface area contributed by atoms with Crippen molar-refractivity contribution in [2.24, 2.45) is 0 Å². The van der Waals surface area contributed by atoms with Crippen LogP contribution in [-0.2, 0) is 9.59 Å². The minimum atomic E-state index is -0.159. The molecule has 144 valence electrons. The van der Waals surface area contributed by atoms with Gasteiger partial charge in [-0.3, -0.25) is 14.5 Å². The Bertz CT molecular complexity index is 803. The van der Waals surface area contributed by atoms with Crippen molar-refractivity contribution in [3.05, 3.63) is 64.2 Å². The third-order valence-electron chi connectivity index (χ3n) is 4.30. The van der Waals surface area contributed by atoms with E-state index in [1.54, 1.807) is 18.0 Å². The Kier molecular flexibility index (Phi) is 7.39. The fourth-order valence-electron chi connectivity index (χ4n) is 2.88. The number of hydrogen-bond acceptors (Lipinski definition) is 3. The highest BCUT2D eigenvalue weighted by Gasteiger charge is 2.15. The average Bonchev–Trinajstić information content (AvgIpc) is 2.58. The van der Waals surface area contributed by atoms with Gasteiger partial charge in [-0.1, -0.05) is 41.9 Å². The summed E-state index contributed by atoms with van der Waals surface area (Å²) in [5, 5.41) is 6.49. The molecule has 2 rings (SSSR count). The molecule has 27 heavy (non-hydrogen) atoms. The van der Waals surface area contributed by atoms with Crippen LogP contribution in [0.1, 0.15) is 29.7 Å². The van der Waals surface area contributed by atoms with Gasteiger partial charge in [0.05, 0.1) is 19.1 Å². The number of carbonyl (C=O) groups is 2. The summed E-state index contributed by atoms with van der Waals surface area (Å²) in [5.41, 5.74) is 3.79. The molecule has 0 aliphatic heterocycles. The highest BCUT2D eigenvalue weighted by molar-refractivity contribution is 6.30. The quantitative estimate of drug-likeness (QED) is 0.761. The fourth-order valence-corrected chi connectivity index (χ4v) is 3.08. The number of likely N-dealkylation sites (N-methyl/N-ethyl adjacent to an activating group) is 1. The predicted molar refractivity (Wildman–Crippen MR) is 110 cm³/mol. The lowest BCUT2D eigenvalue weighted by Crippen LogP contribution is -2.39. The lowest BCUT2D eigenvalue weighted by molar-refractivity contribution is -0.123. The first-order valence-corrected chi connectivity index (χ1v) is 9.23. The number of nitrogens with one attached hydrogen (secondary N) is 2. The van der Waals surface area contributed by atoms with Crippen LogP contribution >= 0.6 is 11.6 Å². The van der Waals surface area contributed by atoms with E-state index in [4.69, 9.17) is 11.6 Å². The van der Waals surface area contributed by atoms with Crippen LogP contribution in [-0.4, -0.2) is 36.9 Å². The molecule has 0 aliphatic carbocycles. The molecule has 0 saturated carbocycles. The van der Waals surface area contributed by atoms with Gasteiger partial charge in [0.25, 0.3) is 0 Å². The molecule has 5 nitrogen and oxygen atoms in total. The number of nitrogens with zero attached hydrogens (tertiary/aromatic N) is 1. The zero-order valence-electron chi connectivity index (χ0n) is 16.2. The van der Waals surface area contributed by atoms with Gasteiger partial charge in [0.15, 0.2) is 0 Å². The molecule has 0 unspecified atom stereocenters. The van der Waals surface area contributed by atoms with E-state index < -0.39 is 0 Å². The molecule has 1 atom stereocenters. The van der Waals surface area contributed by atoms with Crippen molar-refractivity contribution >= 4 is 29.1 Å². The number of para-hydroxylation sites is 1. The summed E-state index contributed by atoms with van der Waals surface area (Å²) < 4.78 is 0. The van der Waals surface area contributed by atoms with Crippen molar-refractivity contribution in [3.8, 4) is 0 Å². The highest BCUT2D eigenvalue weighted by Crippen LogP contribution is 2.19. The van der Waals surface area contributed by atoms with E-state index >= 15 is 0 Å². The van der Waals surface area contributed by atoms with Crippen molar-refractivity contribution in [2.75, 3.05) is 25.5 Å². The van der Waals surface area contributed by atoms with Gasteiger partial charge in [-0.15, -0.1) is 0 Å². The molecule has 2 aromatic rings. The van der Waals surface area contributed by atoms with E-state index in [1.165, 1.54) is 0 Å². The number of aryl methyl sites for hydroxylation is 2. The molecule has 0 radical (unpaired) electrons. The summed E-state index contributed by atoms with van der Waals surface area (Å²) in [6, 6.07) is 13.1. The van der Waals surface area contributed by atoms with Gasteiger partial charge in [0, 0.05) is 10.7 Å². The second-order valence-corrected chi connectivity index (χ2v) is 7.27. The third kappa shape index (κ3) is 6.38. The van der Waals surface area contributed by atoms with Gasteiger partial charge < -0.3 is 10.6 Å². The first-order valence-electron chi connectivity index (χ1n) is 8.85. The number of amides is 2. The minimum Gasteiger partial charge on any atom is -0.348 e. The first kappa shape index (κ1) is 20.9. The molecule has 0 aromatic heterocycles. The molecular formula is C21H26ClN3O2. The fraction of sp³-hybridized carbons (Fsp3) is 0.333. The molecule has 0 fully saturated rings. The summed E-state index contributed by atoms with van der Waals surface area (Å²) >= 11 is 5.99. The Hall–Kier alpha value is -2.37. The molecule has 2 aromatic carbocycles. The first-order chi connectivity index (χ1) is 12.8. The van der Waals surface area contributed by atoms with Gasteiger partial charge >= 0.3 is 0 Å². The number of benzene rings is 2. The number of carbonyl (C=O) groups excluding carboxylic acids is 2. The summed E-state index contributed by atoms with van der Waals surface area (Å²) in [6.45, 7) is 6.07. The highest BCUT2D eigenvalue weighted by atomic mass is 35.5. The molecule has 2 amide bonds. The monoisotopic (exact) mass is 387 g/mol. The van der Waals surface area contributed by atoms with E-state index in [-0.39, 0.29) is 30.9 Å². The van der Waals surface area contributed by atoms with Gasteiger partial charge in [-0.2, -0.15) is 0 Å². The topological polar surface area (TPSA) is 61.4 Å². The van der Waals surface area contributed by atoms with E-state index in [0.717, 1.165) is 22.4 Å². The van der Waals surface area contributed by atoms with Crippen molar-refractivity contribution in [1.29, 1.82) is 0 Å². The van der Waals surface area contributed by atoms with Crippen LogP contribution in [0.15, 0.2) is 42.5 Å². The normalized spacial score (nSPS) is 11.9. The Balaban J connectivity index is 1.84. The molecule has 0 saturated heterocycles. The van der Waals surface area contributed by atoms with Gasteiger partial charge in [-0.25, -0.2) is 0 Å². The molecular weight excluding hydrogens is 362 g/mol. The lowest BCUT2D eigenvalue weighted by Gasteiger charge is -2.19. The Morgan fingerprint density at radius 3 is 2.26 bits per heavy atom. The second kappa shape index (κ2) is 9.53. The van der Waals surface area contributed by atoms with Crippen LogP contribution in [0.3, 0.4) is 0 Å². The van der Waals surface area contributed by atoms with E-state index in [0.29, 0.717) is 5.02 Å². The van der Waals surface area contributed by atoms with E-state index in [2.05, 4.69) is 10.6 Å². The third-order valence-corrected chi connectivity index (χ3v) is 4.53. The average molecular weight is 388 g/mol. The number of anilines is 1. The zero-order chi connectivity index (χ0) is 20.0.